The van der Waals surface area contributed by atoms with E-state index in [-0.39, 0.29) is 6.04 Å². The molecule has 0 aliphatic carbocycles. The molecule has 0 bridgehead atoms. The van der Waals surface area contributed by atoms with E-state index < -0.39 is 0 Å². The number of nitrogens with zero attached hydrogens (tertiary/aromatic N) is 1. The monoisotopic (exact) mass is 258 g/mol. The van der Waals surface area contributed by atoms with Crippen LogP contribution in [0.1, 0.15) is 18.5 Å². The molecule has 4 N–H and O–H groups in total. The van der Waals surface area contributed by atoms with E-state index in [4.69, 9.17) is 5.73 Å². The molecule has 1 aromatic heterocycles. The van der Waals surface area contributed by atoms with Gasteiger partial charge in [-0.2, -0.15) is 0 Å². The summed E-state index contributed by atoms with van der Waals surface area (Å²) in [7, 11) is 0. The fourth-order valence-corrected chi connectivity index (χ4v) is 2.95. The standard InChI is InChI=1S/C15H22N4/c1-11(19-8-6-17-7-9-19)15(16)13-10-18-14-5-3-2-4-12(13)14/h2-5,10-11,15,17-18H,6-9,16H2,1H3. The van der Waals surface area contributed by atoms with Gasteiger partial charge in [-0.05, 0) is 18.6 Å². The van der Waals surface area contributed by atoms with Crippen LogP contribution in [-0.2, 0) is 0 Å². The van der Waals surface area contributed by atoms with E-state index in [0.717, 1.165) is 26.2 Å². The lowest BCUT2D eigenvalue weighted by Crippen LogP contribution is -2.50. The lowest BCUT2D eigenvalue weighted by Gasteiger charge is -2.35. The SMILES string of the molecule is CC(C(N)c1c[nH]c2ccccc12)N1CCNCC1. The Morgan fingerprint density at radius 1 is 1.21 bits per heavy atom. The van der Waals surface area contributed by atoms with Gasteiger partial charge in [-0.25, -0.2) is 0 Å². The van der Waals surface area contributed by atoms with Crippen LogP contribution in [0, 0.1) is 0 Å². The van der Waals surface area contributed by atoms with Gasteiger partial charge >= 0.3 is 0 Å². The minimum absolute atomic E-state index is 0.0502. The smallest absolute Gasteiger partial charge is 0.0471 e. The van der Waals surface area contributed by atoms with Gasteiger partial charge in [0.15, 0.2) is 0 Å². The van der Waals surface area contributed by atoms with Crippen molar-refractivity contribution in [1.29, 1.82) is 0 Å². The molecular weight excluding hydrogens is 236 g/mol. The Bertz CT molecular complexity index is 542. The van der Waals surface area contributed by atoms with Gasteiger partial charge in [-0.3, -0.25) is 4.90 Å². The Morgan fingerprint density at radius 3 is 2.74 bits per heavy atom. The van der Waals surface area contributed by atoms with Crippen LogP contribution in [0.15, 0.2) is 30.5 Å². The number of piperazine rings is 1. The van der Waals surface area contributed by atoms with E-state index in [1.807, 2.05) is 6.07 Å². The van der Waals surface area contributed by atoms with E-state index in [9.17, 15) is 0 Å². The number of hydrogen-bond acceptors (Lipinski definition) is 3. The van der Waals surface area contributed by atoms with Crippen LogP contribution in [0.3, 0.4) is 0 Å². The van der Waals surface area contributed by atoms with Crippen molar-refractivity contribution in [2.45, 2.75) is 19.0 Å². The van der Waals surface area contributed by atoms with Crippen molar-refractivity contribution < 1.29 is 0 Å². The molecule has 0 amide bonds. The summed E-state index contributed by atoms with van der Waals surface area (Å²) in [6.45, 7) is 6.52. The van der Waals surface area contributed by atoms with Crippen molar-refractivity contribution in [3.05, 3.63) is 36.0 Å². The Kier molecular flexibility index (Phi) is 3.55. The van der Waals surface area contributed by atoms with Crippen LogP contribution >= 0.6 is 0 Å². The molecule has 3 rings (SSSR count). The number of aromatic nitrogens is 1. The molecule has 0 saturated carbocycles. The van der Waals surface area contributed by atoms with Gasteiger partial charge in [0, 0.05) is 55.4 Å². The van der Waals surface area contributed by atoms with Crippen molar-refractivity contribution in [3.63, 3.8) is 0 Å². The predicted octanol–water partition coefficient (Wildman–Crippen LogP) is 1.46. The van der Waals surface area contributed by atoms with Crippen molar-refractivity contribution >= 4 is 10.9 Å². The third-order valence-corrected chi connectivity index (χ3v) is 4.23. The molecule has 2 atom stereocenters. The second-order valence-corrected chi connectivity index (χ2v) is 5.34. The summed E-state index contributed by atoms with van der Waals surface area (Å²) < 4.78 is 0. The number of nitrogens with one attached hydrogen (secondary N) is 2. The lowest BCUT2D eigenvalue weighted by atomic mass is 9.99. The molecule has 2 unspecified atom stereocenters. The number of benzene rings is 1. The molecule has 1 aliphatic rings. The second kappa shape index (κ2) is 5.33. The summed E-state index contributed by atoms with van der Waals surface area (Å²) >= 11 is 0. The summed E-state index contributed by atoms with van der Waals surface area (Å²) in [5.41, 5.74) is 8.89. The predicted molar refractivity (Wildman–Crippen MR) is 79.1 cm³/mol. The molecule has 1 saturated heterocycles. The molecule has 2 aromatic rings. The summed E-state index contributed by atoms with van der Waals surface area (Å²) in [6, 6.07) is 8.78. The fraction of sp³-hybridized carbons (Fsp3) is 0.467. The maximum Gasteiger partial charge on any atom is 0.0471 e. The van der Waals surface area contributed by atoms with E-state index in [0.29, 0.717) is 6.04 Å². The Balaban J connectivity index is 1.84. The highest BCUT2D eigenvalue weighted by Gasteiger charge is 2.24. The molecule has 19 heavy (non-hydrogen) atoms. The minimum atomic E-state index is 0.0502. The normalized spacial score (nSPS) is 20.5. The van der Waals surface area contributed by atoms with Gasteiger partial charge in [0.25, 0.3) is 0 Å². The average molecular weight is 258 g/mol. The minimum Gasteiger partial charge on any atom is -0.361 e. The van der Waals surface area contributed by atoms with Gasteiger partial charge in [0.05, 0.1) is 0 Å². The maximum absolute atomic E-state index is 6.50. The van der Waals surface area contributed by atoms with Crippen molar-refractivity contribution in [1.82, 2.24) is 15.2 Å². The average Bonchev–Trinajstić information content (AvgIpc) is 2.90. The first-order valence-corrected chi connectivity index (χ1v) is 7.04. The van der Waals surface area contributed by atoms with Crippen molar-refractivity contribution in [3.8, 4) is 0 Å². The molecule has 1 aliphatic heterocycles. The quantitative estimate of drug-likeness (QED) is 0.781. The highest BCUT2D eigenvalue weighted by Crippen LogP contribution is 2.26. The van der Waals surface area contributed by atoms with Gasteiger partial charge in [0.1, 0.15) is 0 Å². The number of hydrogen-bond donors (Lipinski definition) is 3. The zero-order valence-corrected chi connectivity index (χ0v) is 11.4. The first-order valence-electron chi connectivity index (χ1n) is 7.04. The van der Waals surface area contributed by atoms with Crippen LogP contribution in [-0.4, -0.2) is 42.1 Å². The molecule has 102 valence electrons. The first-order chi connectivity index (χ1) is 9.27. The Morgan fingerprint density at radius 2 is 1.95 bits per heavy atom. The van der Waals surface area contributed by atoms with E-state index in [1.54, 1.807) is 0 Å². The maximum atomic E-state index is 6.50. The third-order valence-electron chi connectivity index (χ3n) is 4.23. The van der Waals surface area contributed by atoms with Crippen LogP contribution in [0.2, 0.25) is 0 Å². The number of para-hydroxylation sites is 1. The molecule has 2 heterocycles. The summed E-state index contributed by atoms with van der Waals surface area (Å²) in [4.78, 5) is 5.79. The van der Waals surface area contributed by atoms with Crippen LogP contribution in [0.4, 0.5) is 0 Å². The zero-order valence-electron chi connectivity index (χ0n) is 11.4. The summed E-state index contributed by atoms with van der Waals surface area (Å²) in [5.74, 6) is 0. The lowest BCUT2D eigenvalue weighted by molar-refractivity contribution is 0.163. The molecular formula is C15H22N4. The van der Waals surface area contributed by atoms with Crippen LogP contribution in [0.25, 0.3) is 10.9 Å². The fourth-order valence-electron chi connectivity index (χ4n) is 2.95. The summed E-state index contributed by atoms with van der Waals surface area (Å²) in [6.07, 6.45) is 2.06. The van der Waals surface area contributed by atoms with Gasteiger partial charge in [-0.15, -0.1) is 0 Å². The Hall–Kier alpha value is -1.36. The molecule has 1 fully saturated rings. The van der Waals surface area contributed by atoms with Crippen molar-refractivity contribution in [2.75, 3.05) is 26.2 Å². The molecule has 4 nitrogen and oxygen atoms in total. The van der Waals surface area contributed by atoms with Gasteiger partial charge in [-0.1, -0.05) is 18.2 Å². The third kappa shape index (κ3) is 2.39. The largest absolute Gasteiger partial charge is 0.361 e. The number of aromatic amines is 1. The number of H-pyrrole nitrogens is 1. The number of rotatable bonds is 3. The molecule has 1 aromatic carbocycles. The molecule has 4 heteroatoms. The zero-order chi connectivity index (χ0) is 13.2. The number of nitrogens with two attached hydrogens (primary N) is 1. The highest BCUT2D eigenvalue weighted by atomic mass is 15.2. The van der Waals surface area contributed by atoms with E-state index >= 15 is 0 Å². The van der Waals surface area contributed by atoms with Gasteiger partial charge in [0.2, 0.25) is 0 Å². The van der Waals surface area contributed by atoms with Crippen LogP contribution in [0.5, 0.6) is 0 Å². The molecule has 0 radical (unpaired) electrons. The Labute approximate surface area is 114 Å². The van der Waals surface area contributed by atoms with Gasteiger partial charge < -0.3 is 16.0 Å². The highest BCUT2D eigenvalue weighted by molar-refractivity contribution is 5.83. The van der Waals surface area contributed by atoms with E-state index in [2.05, 4.69) is 46.5 Å². The van der Waals surface area contributed by atoms with Crippen LogP contribution < -0.4 is 11.1 Å². The van der Waals surface area contributed by atoms with E-state index in [1.165, 1.54) is 16.5 Å². The number of fused-ring (bicyclic) bond motifs is 1. The van der Waals surface area contributed by atoms with Crippen molar-refractivity contribution in [2.24, 2.45) is 5.73 Å². The molecule has 0 spiro atoms. The first kappa shape index (κ1) is 12.7. The summed E-state index contributed by atoms with van der Waals surface area (Å²) in [5, 5.41) is 4.63. The topological polar surface area (TPSA) is 57.1 Å². The second-order valence-electron chi connectivity index (χ2n) is 5.34.